The molecule has 0 fully saturated rings. The maximum Gasteiger partial charge on any atom is 0.0957 e. The predicted molar refractivity (Wildman–Crippen MR) is 64.4 cm³/mol. The number of nitrogens with one attached hydrogen (secondary N) is 1. The molecule has 74 valence electrons. The average Bonchev–Trinajstić information content (AvgIpc) is 2.19. The molecule has 1 aromatic rings. The average molecular weight is 273 g/mol. The molecule has 1 rings (SSSR count). The van der Waals surface area contributed by atoms with Crippen molar-refractivity contribution in [2.75, 3.05) is 6.54 Å². The second-order valence-corrected chi connectivity index (χ2v) is 4.03. The van der Waals surface area contributed by atoms with Crippen molar-refractivity contribution in [1.82, 2.24) is 5.32 Å². The summed E-state index contributed by atoms with van der Waals surface area (Å²) in [4.78, 5) is 0. The molecule has 14 heavy (non-hydrogen) atoms. The van der Waals surface area contributed by atoms with E-state index in [0.29, 0.717) is 5.02 Å². The third-order valence-corrected chi connectivity index (χ3v) is 3.18. The van der Waals surface area contributed by atoms with Gasteiger partial charge in [-0.05, 0) is 28.5 Å². The molecule has 0 amide bonds. The van der Waals surface area contributed by atoms with E-state index in [0.717, 1.165) is 16.6 Å². The first-order chi connectivity index (χ1) is 6.70. The van der Waals surface area contributed by atoms with Crippen LogP contribution in [0, 0.1) is 12.3 Å². The molecule has 1 atom stereocenters. The number of rotatable bonds is 3. The first-order valence-corrected chi connectivity index (χ1v) is 5.51. The third kappa shape index (κ3) is 2.51. The standard InChI is InChI=1S/C11H11BrClN/c1-3-10(14-4-2)8-6-5-7-9(12)11(8)13/h1,5-7,10,14H,4H2,2H3. The van der Waals surface area contributed by atoms with Crippen LogP contribution < -0.4 is 5.32 Å². The van der Waals surface area contributed by atoms with Gasteiger partial charge in [0.2, 0.25) is 0 Å². The first-order valence-electron chi connectivity index (χ1n) is 4.34. The van der Waals surface area contributed by atoms with Crippen molar-refractivity contribution in [2.45, 2.75) is 13.0 Å². The van der Waals surface area contributed by atoms with Crippen LogP contribution in [0.2, 0.25) is 5.02 Å². The van der Waals surface area contributed by atoms with E-state index >= 15 is 0 Å². The molecule has 0 saturated carbocycles. The Morgan fingerprint density at radius 3 is 2.93 bits per heavy atom. The van der Waals surface area contributed by atoms with Gasteiger partial charge in [0.15, 0.2) is 0 Å². The lowest BCUT2D eigenvalue weighted by atomic mass is 10.1. The van der Waals surface area contributed by atoms with Crippen LogP contribution in [0.1, 0.15) is 18.5 Å². The Morgan fingerprint density at radius 2 is 2.36 bits per heavy atom. The Balaban J connectivity index is 3.05. The Labute approximate surface area is 98.0 Å². The topological polar surface area (TPSA) is 12.0 Å². The van der Waals surface area contributed by atoms with Crippen LogP contribution in [0.5, 0.6) is 0 Å². The first kappa shape index (κ1) is 11.6. The Bertz CT molecular complexity index is 357. The van der Waals surface area contributed by atoms with Crippen molar-refractivity contribution in [3.8, 4) is 12.3 Å². The van der Waals surface area contributed by atoms with E-state index in [9.17, 15) is 0 Å². The molecule has 1 N–H and O–H groups in total. The highest BCUT2D eigenvalue weighted by Crippen LogP contribution is 2.29. The fourth-order valence-corrected chi connectivity index (χ4v) is 1.82. The van der Waals surface area contributed by atoms with Crippen molar-refractivity contribution >= 4 is 27.5 Å². The van der Waals surface area contributed by atoms with Crippen LogP contribution in [-0.2, 0) is 0 Å². The number of terminal acetylenes is 1. The quantitative estimate of drug-likeness (QED) is 0.832. The van der Waals surface area contributed by atoms with E-state index in [4.69, 9.17) is 18.0 Å². The monoisotopic (exact) mass is 271 g/mol. The molecule has 0 heterocycles. The summed E-state index contributed by atoms with van der Waals surface area (Å²) in [6.45, 7) is 2.83. The van der Waals surface area contributed by atoms with Gasteiger partial charge in [-0.15, -0.1) is 6.42 Å². The molecule has 0 aromatic heterocycles. The van der Waals surface area contributed by atoms with Gasteiger partial charge >= 0.3 is 0 Å². The van der Waals surface area contributed by atoms with Gasteiger partial charge in [0.25, 0.3) is 0 Å². The highest BCUT2D eigenvalue weighted by Gasteiger charge is 2.11. The summed E-state index contributed by atoms with van der Waals surface area (Å²) in [5, 5.41) is 3.85. The van der Waals surface area contributed by atoms with Crippen molar-refractivity contribution in [3.05, 3.63) is 33.3 Å². The summed E-state index contributed by atoms with van der Waals surface area (Å²) < 4.78 is 0.870. The van der Waals surface area contributed by atoms with Crippen LogP contribution in [0.25, 0.3) is 0 Å². The molecule has 0 saturated heterocycles. The molecule has 1 nitrogen and oxygen atoms in total. The lowest BCUT2D eigenvalue weighted by molar-refractivity contribution is 0.665. The van der Waals surface area contributed by atoms with E-state index in [1.165, 1.54) is 0 Å². The Kier molecular flexibility index (Phi) is 4.47. The number of hydrogen-bond donors (Lipinski definition) is 1. The molecule has 1 unspecified atom stereocenters. The van der Waals surface area contributed by atoms with Gasteiger partial charge in [-0.1, -0.05) is 36.6 Å². The van der Waals surface area contributed by atoms with E-state index in [1.54, 1.807) is 0 Å². The molecule has 0 aliphatic heterocycles. The highest BCUT2D eigenvalue weighted by molar-refractivity contribution is 9.10. The zero-order valence-electron chi connectivity index (χ0n) is 7.85. The smallest absolute Gasteiger partial charge is 0.0957 e. The second kappa shape index (κ2) is 5.41. The third-order valence-electron chi connectivity index (χ3n) is 1.87. The largest absolute Gasteiger partial charge is 0.300 e. The fourth-order valence-electron chi connectivity index (χ4n) is 1.21. The minimum Gasteiger partial charge on any atom is -0.300 e. The van der Waals surface area contributed by atoms with Gasteiger partial charge in [-0.3, -0.25) is 0 Å². The number of benzene rings is 1. The van der Waals surface area contributed by atoms with Crippen LogP contribution in [-0.4, -0.2) is 6.54 Å². The Morgan fingerprint density at radius 1 is 1.64 bits per heavy atom. The summed E-state index contributed by atoms with van der Waals surface area (Å²) in [6.07, 6.45) is 5.42. The molecule has 0 aliphatic carbocycles. The molecular formula is C11H11BrClN. The number of hydrogen-bond acceptors (Lipinski definition) is 1. The lowest BCUT2D eigenvalue weighted by Gasteiger charge is -2.14. The predicted octanol–water partition coefficient (Wildman–Crippen LogP) is 3.39. The van der Waals surface area contributed by atoms with E-state index < -0.39 is 0 Å². The summed E-state index contributed by atoms with van der Waals surface area (Å²) in [5.74, 6) is 2.67. The van der Waals surface area contributed by atoms with Gasteiger partial charge in [0.05, 0.1) is 11.1 Å². The lowest BCUT2D eigenvalue weighted by Crippen LogP contribution is -2.19. The summed E-state index contributed by atoms with van der Waals surface area (Å²) >= 11 is 9.49. The molecular weight excluding hydrogens is 261 g/mol. The van der Waals surface area contributed by atoms with Gasteiger partial charge in [-0.25, -0.2) is 0 Å². The molecule has 0 aliphatic rings. The highest BCUT2D eigenvalue weighted by atomic mass is 79.9. The van der Waals surface area contributed by atoms with Crippen LogP contribution in [0.4, 0.5) is 0 Å². The molecule has 0 spiro atoms. The SMILES string of the molecule is C#CC(NCC)c1cccc(Br)c1Cl. The van der Waals surface area contributed by atoms with Gasteiger partial charge in [-0.2, -0.15) is 0 Å². The van der Waals surface area contributed by atoms with Crippen molar-refractivity contribution in [3.63, 3.8) is 0 Å². The van der Waals surface area contributed by atoms with E-state index in [-0.39, 0.29) is 6.04 Å². The van der Waals surface area contributed by atoms with Crippen LogP contribution in [0.15, 0.2) is 22.7 Å². The van der Waals surface area contributed by atoms with Crippen LogP contribution in [0.3, 0.4) is 0 Å². The van der Waals surface area contributed by atoms with Crippen LogP contribution >= 0.6 is 27.5 Å². The summed E-state index contributed by atoms with van der Waals surface area (Å²) in [6, 6.07) is 5.63. The molecule has 1 aromatic carbocycles. The maximum atomic E-state index is 6.12. The molecule has 3 heteroatoms. The van der Waals surface area contributed by atoms with Gasteiger partial charge in [0.1, 0.15) is 0 Å². The second-order valence-electron chi connectivity index (χ2n) is 2.80. The van der Waals surface area contributed by atoms with Crippen molar-refractivity contribution < 1.29 is 0 Å². The van der Waals surface area contributed by atoms with Gasteiger partial charge < -0.3 is 5.32 Å². The number of halogens is 2. The fraction of sp³-hybridized carbons (Fsp3) is 0.273. The van der Waals surface area contributed by atoms with Crippen molar-refractivity contribution in [2.24, 2.45) is 0 Å². The summed E-state index contributed by atoms with van der Waals surface area (Å²) in [5.41, 5.74) is 0.936. The molecule has 0 bridgehead atoms. The van der Waals surface area contributed by atoms with Crippen molar-refractivity contribution in [1.29, 1.82) is 0 Å². The Hall–Kier alpha value is -0.490. The summed E-state index contributed by atoms with van der Waals surface area (Å²) in [7, 11) is 0. The normalized spacial score (nSPS) is 12.1. The minimum atomic E-state index is -0.120. The zero-order valence-corrected chi connectivity index (χ0v) is 10.2. The van der Waals surface area contributed by atoms with E-state index in [1.807, 2.05) is 25.1 Å². The van der Waals surface area contributed by atoms with Gasteiger partial charge in [0, 0.05) is 10.0 Å². The molecule has 0 radical (unpaired) electrons. The minimum absolute atomic E-state index is 0.120. The van der Waals surface area contributed by atoms with E-state index in [2.05, 4.69) is 27.2 Å². The maximum absolute atomic E-state index is 6.12. The zero-order chi connectivity index (χ0) is 10.6.